The summed E-state index contributed by atoms with van der Waals surface area (Å²) in [4.78, 5) is 15.6. The molecule has 1 atom stereocenters. The van der Waals surface area contributed by atoms with Gasteiger partial charge in [0.1, 0.15) is 5.82 Å². The molecule has 5 nitrogen and oxygen atoms in total. The fourth-order valence-electron chi connectivity index (χ4n) is 1.78. The second kappa shape index (κ2) is 4.61. The summed E-state index contributed by atoms with van der Waals surface area (Å²) in [6.07, 6.45) is 3.99. The largest absolute Gasteiger partial charge is 0.465 e. The Labute approximate surface area is 100 Å². The first-order valence-corrected chi connectivity index (χ1v) is 5.72. The Morgan fingerprint density at radius 1 is 1.65 bits per heavy atom. The third-order valence-electron chi connectivity index (χ3n) is 3.04. The van der Waals surface area contributed by atoms with E-state index in [1.54, 1.807) is 6.07 Å². The molecule has 0 saturated heterocycles. The summed E-state index contributed by atoms with van der Waals surface area (Å²) in [7, 11) is 1.34. The Kier molecular flexibility index (Phi) is 3.17. The molecule has 0 aliphatic heterocycles. The molecule has 0 amide bonds. The summed E-state index contributed by atoms with van der Waals surface area (Å²) in [6.45, 7) is 2.12. The summed E-state index contributed by atoms with van der Waals surface area (Å²) in [5, 5.41) is 3.28. The maximum absolute atomic E-state index is 11.5. The minimum absolute atomic E-state index is 0.335. The number of nitrogen functional groups attached to an aromatic ring is 1. The Bertz CT molecular complexity index is 430. The topological polar surface area (TPSA) is 77.2 Å². The molecule has 2 rings (SSSR count). The number of nitrogens with two attached hydrogens (primary N) is 1. The van der Waals surface area contributed by atoms with E-state index in [0.29, 0.717) is 23.1 Å². The van der Waals surface area contributed by atoms with Crippen molar-refractivity contribution < 1.29 is 9.53 Å². The van der Waals surface area contributed by atoms with Crippen LogP contribution in [0.1, 0.15) is 30.1 Å². The number of carbonyl (C=O) groups excluding carboxylic acids is 1. The van der Waals surface area contributed by atoms with Crippen molar-refractivity contribution in [3.05, 3.63) is 17.8 Å². The van der Waals surface area contributed by atoms with Gasteiger partial charge in [-0.2, -0.15) is 0 Å². The zero-order valence-electron chi connectivity index (χ0n) is 10.1. The van der Waals surface area contributed by atoms with Crippen molar-refractivity contribution in [2.75, 3.05) is 18.2 Å². The van der Waals surface area contributed by atoms with E-state index < -0.39 is 5.97 Å². The van der Waals surface area contributed by atoms with Crippen LogP contribution in [0.2, 0.25) is 0 Å². The van der Waals surface area contributed by atoms with E-state index in [1.807, 2.05) is 0 Å². The molecule has 1 aliphatic rings. The smallest absolute Gasteiger partial charge is 0.340 e. The van der Waals surface area contributed by atoms with Crippen LogP contribution in [0.15, 0.2) is 12.3 Å². The first-order chi connectivity index (χ1) is 8.11. The van der Waals surface area contributed by atoms with Crippen molar-refractivity contribution in [1.82, 2.24) is 4.98 Å². The number of anilines is 2. The molecule has 3 N–H and O–H groups in total. The molecule has 1 heterocycles. The molecule has 0 radical (unpaired) electrons. The van der Waals surface area contributed by atoms with Gasteiger partial charge in [0.25, 0.3) is 0 Å². The minimum Gasteiger partial charge on any atom is -0.465 e. The molecule has 1 aliphatic carbocycles. The second-order valence-electron chi connectivity index (χ2n) is 4.42. The van der Waals surface area contributed by atoms with Gasteiger partial charge in [-0.05, 0) is 31.7 Å². The summed E-state index contributed by atoms with van der Waals surface area (Å²) in [5.41, 5.74) is 6.37. The quantitative estimate of drug-likeness (QED) is 0.776. The van der Waals surface area contributed by atoms with Gasteiger partial charge in [-0.3, -0.25) is 0 Å². The highest BCUT2D eigenvalue weighted by molar-refractivity contribution is 5.95. The zero-order chi connectivity index (χ0) is 12.4. The van der Waals surface area contributed by atoms with Crippen LogP contribution in [0.25, 0.3) is 0 Å². The third-order valence-corrected chi connectivity index (χ3v) is 3.04. The third kappa shape index (κ3) is 2.67. The SMILES string of the molecule is COC(=O)c1cc(NC(C)C2CC2)ncc1N. The maximum atomic E-state index is 11.5. The van der Waals surface area contributed by atoms with Crippen LogP contribution < -0.4 is 11.1 Å². The molecule has 1 fully saturated rings. The molecule has 92 valence electrons. The monoisotopic (exact) mass is 235 g/mol. The molecule has 1 unspecified atom stereocenters. The molecule has 0 bridgehead atoms. The number of nitrogens with one attached hydrogen (secondary N) is 1. The van der Waals surface area contributed by atoms with Crippen LogP contribution >= 0.6 is 0 Å². The Morgan fingerprint density at radius 3 is 2.94 bits per heavy atom. The van der Waals surface area contributed by atoms with Crippen molar-refractivity contribution in [3.63, 3.8) is 0 Å². The van der Waals surface area contributed by atoms with Crippen molar-refractivity contribution >= 4 is 17.5 Å². The lowest BCUT2D eigenvalue weighted by molar-refractivity contribution is 0.0602. The maximum Gasteiger partial charge on any atom is 0.340 e. The van der Waals surface area contributed by atoms with Gasteiger partial charge in [-0.25, -0.2) is 9.78 Å². The van der Waals surface area contributed by atoms with Gasteiger partial charge in [0, 0.05) is 6.04 Å². The van der Waals surface area contributed by atoms with E-state index in [-0.39, 0.29) is 0 Å². The van der Waals surface area contributed by atoms with Gasteiger partial charge in [-0.1, -0.05) is 0 Å². The van der Waals surface area contributed by atoms with Gasteiger partial charge >= 0.3 is 5.97 Å². The Hall–Kier alpha value is -1.78. The zero-order valence-corrected chi connectivity index (χ0v) is 10.1. The lowest BCUT2D eigenvalue weighted by Crippen LogP contribution is -2.19. The molecular formula is C12H17N3O2. The first kappa shape index (κ1) is 11.7. The fourth-order valence-corrected chi connectivity index (χ4v) is 1.78. The predicted molar refractivity (Wildman–Crippen MR) is 65.8 cm³/mol. The van der Waals surface area contributed by atoms with Crippen LogP contribution in [-0.4, -0.2) is 24.1 Å². The van der Waals surface area contributed by atoms with Crippen LogP contribution in [0.3, 0.4) is 0 Å². The van der Waals surface area contributed by atoms with Crippen molar-refractivity contribution in [3.8, 4) is 0 Å². The van der Waals surface area contributed by atoms with E-state index >= 15 is 0 Å². The molecular weight excluding hydrogens is 218 g/mol. The number of rotatable bonds is 4. The van der Waals surface area contributed by atoms with E-state index in [4.69, 9.17) is 5.73 Å². The number of hydrogen-bond donors (Lipinski definition) is 2. The number of pyridine rings is 1. The van der Waals surface area contributed by atoms with Crippen LogP contribution in [0.5, 0.6) is 0 Å². The Morgan fingerprint density at radius 2 is 2.35 bits per heavy atom. The molecule has 1 aromatic heterocycles. The average molecular weight is 235 g/mol. The van der Waals surface area contributed by atoms with Gasteiger partial charge in [0.05, 0.1) is 24.6 Å². The number of nitrogens with zero attached hydrogens (tertiary/aromatic N) is 1. The van der Waals surface area contributed by atoms with Crippen molar-refractivity contribution in [1.29, 1.82) is 0 Å². The van der Waals surface area contributed by atoms with Crippen LogP contribution in [0.4, 0.5) is 11.5 Å². The highest BCUT2D eigenvalue weighted by Gasteiger charge is 2.28. The summed E-state index contributed by atoms with van der Waals surface area (Å²) in [5.74, 6) is 0.946. The molecule has 0 aromatic carbocycles. The molecule has 1 saturated carbocycles. The summed E-state index contributed by atoms with van der Waals surface area (Å²) in [6, 6.07) is 2.01. The molecule has 17 heavy (non-hydrogen) atoms. The number of hydrogen-bond acceptors (Lipinski definition) is 5. The molecule has 1 aromatic rings. The molecule has 5 heteroatoms. The van der Waals surface area contributed by atoms with Crippen molar-refractivity contribution in [2.24, 2.45) is 5.92 Å². The predicted octanol–water partition coefficient (Wildman–Crippen LogP) is 1.66. The number of aromatic nitrogens is 1. The van der Waals surface area contributed by atoms with Gasteiger partial charge in [-0.15, -0.1) is 0 Å². The van der Waals surface area contributed by atoms with Crippen LogP contribution in [-0.2, 0) is 4.74 Å². The Balaban J connectivity index is 2.15. The van der Waals surface area contributed by atoms with Crippen molar-refractivity contribution in [2.45, 2.75) is 25.8 Å². The van der Waals surface area contributed by atoms with E-state index in [9.17, 15) is 4.79 Å². The molecule has 0 spiro atoms. The number of carbonyl (C=O) groups is 1. The van der Waals surface area contributed by atoms with E-state index in [0.717, 1.165) is 5.92 Å². The van der Waals surface area contributed by atoms with Gasteiger partial charge in [0.15, 0.2) is 0 Å². The van der Waals surface area contributed by atoms with E-state index in [2.05, 4.69) is 22.0 Å². The second-order valence-corrected chi connectivity index (χ2v) is 4.42. The number of methoxy groups -OCH3 is 1. The highest BCUT2D eigenvalue weighted by atomic mass is 16.5. The van der Waals surface area contributed by atoms with Crippen LogP contribution in [0, 0.1) is 5.92 Å². The normalized spacial score (nSPS) is 16.4. The lowest BCUT2D eigenvalue weighted by atomic mass is 10.2. The average Bonchev–Trinajstić information content (AvgIpc) is 3.14. The van der Waals surface area contributed by atoms with Gasteiger partial charge < -0.3 is 15.8 Å². The first-order valence-electron chi connectivity index (χ1n) is 5.72. The highest BCUT2D eigenvalue weighted by Crippen LogP contribution is 2.33. The summed E-state index contributed by atoms with van der Waals surface area (Å²) < 4.78 is 4.66. The standard InChI is InChI=1S/C12H17N3O2/c1-7(8-3-4-8)15-11-5-9(12(16)17-2)10(13)6-14-11/h5-8H,3-4,13H2,1-2H3,(H,14,15). The van der Waals surface area contributed by atoms with Gasteiger partial charge in [0.2, 0.25) is 0 Å². The van der Waals surface area contributed by atoms with E-state index in [1.165, 1.54) is 26.1 Å². The number of esters is 1. The lowest BCUT2D eigenvalue weighted by Gasteiger charge is -2.14. The minimum atomic E-state index is -0.438. The summed E-state index contributed by atoms with van der Waals surface area (Å²) >= 11 is 0. The fraction of sp³-hybridized carbons (Fsp3) is 0.500. The number of ether oxygens (including phenoxy) is 1.